The van der Waals surface area contributed by atoms with E-state index in [0.29, 0.717) is 12.3 Å². The SMILES string of the molecule is O=C1CCCN(Cc2ccc(Br)o2)C1. The fraction of sp³-hybridized carbons (Fsp3) is 0.500. The Kier molecular flexibility index (Phi) is 3.03. The molecule has 0 bridgehead atoms. The minimum atomic E-state index is 0.335. The molecule has 2 heterocycles. The predicted octanol–water partition coefficient (Wildman–Crippen LogP) is 2.21. The van der Waals surface area contributed by atoms with Crippen molar-refractivity contribution in [3.8, 4) is 0 Å². The van der Waals surface area contributed by atoms with Gasteiger partial charge >= 0.3 is 0 Å². The zero-order valence-electron chi connectivity index (χ0n) is 7.83. The molecule has 1 aliphatic rings. The monoisotopic (exact) mass is 257 g/mol. The summed E-state index contributed by atoms with van der Waals surface area (Å²) in [6.45, 7) is 2.29. The van der Waals surface area contributed by atoms with Gasteiger partial charge in [-0.1, -0.05) is 0 Å². The van der Waals surface area contributed by atoms with E-state index < -0.39 is 0 Å². The number of ketones is 1. The molecule has 1 aromatic heterocycles. The van der Waals surface area contributed by atoms with E-state index >= 15 is 0 Å². The van der Waals surface area contributed by atoms with E-state index in [-0.39, 0.29) is 0 Å². The molecule has 0 aliphatic carbocycles. The van der Waals surface area contributed by atoms with Crippen LogP contribution in [-0.2, 0) is 11.3 Å². The van der Waals surface area contributed by atoms with Crippen molar-refractivity contribution in [3.63, 3.8) is 0 Å². The highest BCUT2D eigenvalue weighted by molar-refractivity contribution is 9.10. The van der Waals surface area contributed by atoms with Crippen LogP contribution in [0.1, 0.15) is 18.6 Å². The lowest BCUT2D eigenvalue weighted by atomic mass is 10.1. The summed E-state index contributed by atoms with van der Waals surface area (Å²) in [5, 5.41) is 0. The third-order valence-corrected chi connectivity index (χ3v) is 2.76. The Bertz CT molecular complexity index is 335. The average molecular weight is 258 g/mol. The second kappa shape index (κ2) is 4.28. The maximum atomic E-state index is 11.2. The van der Waals surface area contributed by atoms with Gasteiger partial charge in [-0.05, 0) is 41.0 Å². The Morgan fingerprint density at radius 3 is 3.00 bits per heavy atom. The first-order valence-corrected chi connectivity index (χ1v) is 5.51. The van der Waals surface area contributed by atoms with Crippen LogP contribution in [0.2, 0.25) is 0 Å². The van der Waals surface area contributed by atoms with Gasteiger partial charge in [0.25, 0.3) is 0 Å². The molecule has 76 valence electrons. The molecular formula is C10H12BrNO2. The highest BCUT2D eigenvalue weighted by Crippen LogP contribution is 2.17. The fourth-order valence-corrected chi connectivity index (χ4v) is 2.04. The lowest BCUT2D eigenvalue weighted by Gasteiger charge is -2.24. The maximum absolute atomic E-state index is 11.2. The fourth-order valence-electron chi connectivity index (χ4n) is 1.70. The Morgan fingerprint density at radius 1 is 1.50 bits per heavy atom. The van der Waals surface area contributed by atoms with Crippen molar-refractivity contribution < 1.29 is 9.21 Å². The quantitative estimate of drug-likeness (QED) is 0.815. The van der Waals surface area contributed by atoms with Gasteiger partial charge in [0.1, 0.15) is 11.5 Å². The summed E-state index contributed by atoms with van der Waals surface area (Å²) in [7, 11) is 0. The van der Waals surface area contributed by atoms with Crippen LogP contribution >= 0.6 is 15.9 Å². The number of nitrogens with zero attached hydrogens (tertiary/aromatic N) is 1. The van der Waals surface area contributed by atoms with Gasteiger partial charge in [0, 0.05) is 6.42 Å². The minimum Gasteiger partial charge on any atom is -0.453 e. The van der Waals surface area contributed by atoms with Crippen LogP contribution < -0.4 is 0 Å². The summed E-state index contributed by atoms with van der Waals surface area (Å²) < 4.78 is 6.13. The predicted molar refractivity (Wildman–Crippen MR) is 55.9 cm³/mol. The average Bonchev–Trinajstić information content (AvgIpc) is 2.51. The van der Waals surface area contributed by atoms with Gasteiger partial charge in [-0.2, -0.15) is 0 Å². The van der Waals surface area contributed by atoms with Crippen LogP contribution in [0.3, 0.4) is 0 Å². The molecule has 0 unspecified atom stereocenters. The molecule has 4 heteroatoms. The molecule has 1 fully saturated rings. The Hall–Kier alpha value is -0.610. The molecule has 0 spiro atoms. The van der Waals surface area contributed by atoms with E-state index in [1.54, 1.807) is 0 Å². The Morgan fingerprint density at radius 2 is 2.36 bits per heavy atom. The van der Waals surface area contributed by atoms with Crippen LogP contribution in [0.5, 0.6) is 0 Å². The molecular weight excluding hydrogens is 246 g/mol. The normalized spacial score (nSPS) is 18.8. The number of likely N-dealkylation sites (tertiary alicyclic amines) is 1. The molecule has 0 saturated carbocycles. The summed E-state index contributed by atoms with van der Waals surface area (Å²) in [5.41, 5.74) is 0. The lowest BCUT2D eigenvalue weighted by Crippen LogP contribution is -2.34. The Balaban J connectivity index is 1.93. The summed E-state index contributed by atoms with van der Waals surface area (Å²) in [5.74, 6) is 1.24. The zero-order valence-corrected chi connectivity index (χ0v) is 9.42. The summed E-state index contributed by atoms with van der Waals surface area (Å²) >= 11 is 3.26. The van der Waals surface area contributed by atoms with Crippen molar-refractivity contribution >= 4 is 21.7 Å². The first-order chi connectivity index (χ1) is 6.74. The third-order valence-electron chi connectivity index (χ3n) is 2.34. The largest absolute Gasteiger partial charge is 0.453 e. The van der Waals surface area contributed by atoms with E-state index in [4.69, 9.17) is 4.42 Å². The molecule has 1 saturated heterocycles. The van der Waals surface area contributed by atoms with Crippen molar-refractivity contribution in [2.45, 2.75) is 19.4 Å². The molecule has 0 N–H and O–H groups in total. The van der Waals surface area contributed by atoms with Crippen molar-refractivity contribution in [2.75, 3.05) is 13.1 Å². The molecule has 0 amide bonds. The van der Waals surface area contributed by atoms with Crippen molar-refractivity contribution in [1.29, 1.82) is 0 Å². The second-order valence-corrected chi connectivity index (χ2v) is 4.34. The number of piperidine rings is 1. The molecule has 1 aliphatic heterocycles. The van der Waals surface area contributed by atoms with Crippen molar-refractivity contribution in [2.24, 2.45) is 0 Å². The number of furan rings is 1. The van der Waals surface area contributed by atoms with Gasteiger partial charge in [0.15, 0.2) is 4.67 Å². The van der Waals surface area contributed by atoms with E-state index in [1.165, 1.54) is 0 Å². The van der Waals surface area contributed by atoms with Gasteiger partial charge < -0.3 is 4.42 Å². The smallest absolute Gasteiger partial charge is 0.169 e. The van der Waals surface area contributed by atoms with E-state index in [1.807, 2.05) is 12.1 Å². The van der Waals surface area contributed by atoms with Crippen LogP contribution in [0.4, 0.5) is 0 Å². The summed E-state index contributed by atoms with van der Waals surface area (Å²) in [4.78, 5) is 13.3. The first kappa shape index (κ1) is 9.93. The van der Waals surface area contributed by atoms with Crippen LogP contribution in [0, 0.1) is 0 Å². The molecule has 0 atom stereocenters. The van der Waals surface area contributed by atoms with Gasteiger partial charge in [-0.3, -0.25) is 9.69 Å². The number of hydrogen-bond acceptors (Lipinski definition) is 3. The molecule has 1 aromatic rings. The van der Waals surface area contributed by atoms with Crippen LogP contribution in [0.15, 0.2) is 21.2 Å². The second-order valence-electron chi connectivity index (χ2n) is 3.56. The van der Waals surface area contributed by atoms with Gasteiger partial charge in [0.2, 0.25) is 0 Å². The van der Waals surface area contributed by atoms with Crippen LogP contribution in [0.25, 0.3) is 0 Å². The third kappa shape index (κ3) is 2.45. The number of Topliss-reactive ketones (excluding diaryl/α,β-unsaturated/α-hetero) is 1. The highest BCUT2D eigenvalue weighted by Gasteiger charge is 2.17. The van der Waals surface area contributed by atoms with E-state index in [0.717, 1.165) is 36.4 Å². The molecule has 14 heavy (non-hydrogen) atoms. The highest BCUT2D eigenvalue weighted by atomic mass is 79.9. The van der Waals surface area contributed by atoms with Gasteiger partial charge in [0.05, 0.1) is 13.1 Å². The number of carbonyl (C=O) groups excluding carboxylic acids is 1. The zero-order chi connectivity index (χ0) is 9.97. The number of halogens is 1. The number of hydrogen-bond donors (Lipinski definition) is 0. The topological polar surface area (TPSA) is 33.5 Å². The molecule has 0 aromatic carbocycles. The van der Waals surface area contributed by atoms with Gasteiger partial charge in [-0.15, -0.1) is 0 Å². The molecule has 0 radical (unpaired) electrons. The summed E-state index contributed by atoms with van der Waals surface area (Å²) in [6, 6.07) is 3.81. The van der Waals surface area contributed by atoms with Gasteiger partial charge in [-0.25, -0.2) is 0 Å². The number of carbonyl (C=O) groups is 1. The number of rotatable bonds is 2. The van der Waals surface area contributed by atoms with Crippen LogP contribution in [-0.4, -0.2) is 23.8 Å². The standard InChI is InChI=1S/C10H12BrNO2/c11-10-4-3-9(14-10)7-12-5-1-2-8(13)6-12/h3-4H,1-2,5-7H2. The van der Waals surface area contributed by atoms with E-state index in [9.17, 15) is 4.79 Å². The maximum Gasteiger partial charge on any atom is 0.169 e. The summed E-state index contributed by atoms with van der Waals surface area (Å²) in [6.07, 6.45) is 1.71. The van der Waals surface area contributed by atoms with Crippen molar-refractivity contribution in [3.05, 3.63) is 22.6 Å². The van der Waals surface area contributed by atoms with Crippen molar-refractivity contribution in [1.82, 2.24) is 4.90 Å². The first-order valence-electron chi connectivity index (χ1n) is 4.72. The lowest BCUT2D eigenvalue weighted by molar-refractivity contribution is -0.122. The van der Waals surface area contributed by atoms with E-state index in [2.05, 4.69) is 20.8 Å². The molecule has 2 rings (SSSR count). The Labute approximate surface area is 91.2 Å². The minimum absolute atomic E-state index is 0.335. The molecule has 3 nitrogen and oxygen atoms in total.